The van der Waals surface area contributed by atoms with Gasteiger partial charge in [-0.25, -0.2) is 0 Å². The van der Waals surface area contributed by atoms with E-state index in [1.165, 1.54) is 0 Å². The zero-order valence-corrected chi connectivity index (χ0v) is 12.2. The Morgan fingerprint density at radius 1 is 1.26 bits per heavy atom. The first-order valence-electron chi connectivity index (χ1n) is 6.73. The normalized spacial score (nSPS) is 13.7. The van der Waals surface area contributed by atoms with E-state index in [0.717, 1.165) is 17.9 Å². The molecule has 1 unspecified atom stereocenters. The summed E-state index contributed by atoms with van der Waals surface area (Å²) in [7, 11) is 1.63. The summed E-state index contributed by atoms with van der Waals surface area (Å²) in [5, 5.41) is 6.22. The van der Waals surface area contributed by atoms with Crippen LogP contribution in [0.3, 0.4) is 0 Å². The maximum Gasteiger partial charge on any atom is 0.227 e. The van der Waals surface area contributed by atoms with Crippen LogP contribution in [0.25, 0.3) is 0 Å². The summed E-state index contributed by atoms with van der Waals surface area (Å²) in [5.41, 5.74) is 0.995. The zero-order valence-electron chi connectivity index (χ0n) is 12.2. The molecule has 4 heteroatoms. The fourth-order valence-electron chi connectivity index (χ4n) is 1.87. The van der Waals surface area contributed by atoms with Crippen molar-refractivity contribution in [2.45, 2.75) is 32.7 Å². The third kappa shape index (κ3) is 4.91. The highest BCUT2D eigenvalue weighted by atomic mass is 16.5. The molecule has 4 nitrogen and oxygen atoms in total. The fraction of sp³-hybridized carbons (Fsp3) is 0.533. The molecule has 0 bridgehead atoms. The van der Waals surface area contributed by atoms with E-state index in [1.54, 1.807) is 7.11 Å². The maximum atomic E-state index is 12.0. The summed E-state index contributed by atoms with van der Waals surface area (Å²) in [4.78, 5) is 12.0. The quantitative estimate of drug-likeness (QED) is 0.791. The standard InChI is InChI=1S/C15H24N2O2/c1-5-16-11(2)10-17-15(18)12(3)13-6-8-14(19-4)9-7-13/h6-9,11-12,16H,5,10H2,1-4H3,(H,17,18)/t11-,12?/m1/s1. The van der Waals surface area contributed by atoms with Crippen molar-refractivity contribution >= 4 is 5.91 Å². The van der Waals surface area contributed by atoms with Gasteiger partial charge >= 0.3 is 0 Å². The molecule has 0 saturated heterocycles. The van der Waals surface area contributed by atoms with Crippen LogP contribution >= 0.6 is 0 Å². The molecule has 1 rings (SSSR count). The van der Waals surface area contributed by atoms with Crippen molar-refractivity contribution in [1.29, 1.82) is 0 Å². The van der Waals surface area contributed by atoms with Gasteiger partial charge in [-0.2, -0.15) is 0 Å². The molecule has 1 amide bonds. The largest absolute Gasteiger partial charge is 0.497 e. The molecule has 0 fully saturated rings. The Morgan fingerprint density at radius 2 is 1.89 bits per heavy atom. The van der Waals surface area contributed by atoms with E-state index in [0.29, 0.717) is 6.54 Å². The second kappa shape index (κ2) is 7.79. The number of ether oxygens (including phenoxy) is 1. The highest BCUT2D eigenvalue weighted by Gasteiger charge is 2.15. The van der Waals surface area contributed by atoms with Crippen molar-refractivity contribution in [3.63, 3.8) is 0 Å². The molecule has 1 aromatic rings. The van der Waals surface area contributed by atoms with E-state index >= 15 is 0 Å². The number of likely N-dealkylation sites (N-methyl/N-ethyl adjacent to an activating group) is 1. The maximum absolute atomic E-state index is 12.0. The Morgan fingerprint density at radius 3 is 2.42 bits per heavy atom. The monoisotopic (exact) mass is 264 g/mol. The number of carbonyl (C=O) groups excluding carboxylic acids is 1. The van der Waals surface area contributed by atoms with Crippen LogP contribution < -0.4 is 15.4 Å². The lowest BCUT2D eigenvalue weighted by molar-refractivity contribution is -0.122. The molecule has 2 atom stereocenters. The van der Waals surface area contributed by atoms with Crippen LogP contribution in [0.15, 0.2) is 24.3 Å². The van der Waals surface area contributed by atoms with Crippen LogP contribution in [-0.2, 0) is 4.79 Å². The lowest BCUT2D eigenvalue weighted by Gasteiger charge is -2.16. The van der Waals surface area contributed by atoms with Gasteiger partial charge in [-0.05, 0) is 38.1 Å². The van der Waals surface area contributed by atoms with Crippen molar-refractivity contribution in [2.24, 2.45) is 0 Å². The Kier molecular flexibility index (Phi) is 6.36. The molecule has 0 aliphatic heterocycles. The van der Waals surface area contributed by atoms with E-state index in [9.17, 15) is 4.79 Å². The van der Waals surface area contributed by atoms with Gasteiger partial charge in [0.25, 0.3) is 0 Å². The molecule has 0 spiro atoms. The summed E-state index contributed by atoms with van der Waals surface area (Å²) < 4.78 is 5.11. The van der Waals surface area contributed by atoms with Crippen LogP contribution in [-0.4, -0.2) is 32.1 Å². The fourth-order valence-corrected chi connectivity index (χ4v) is 1.87. The predicted octanol–water partition coefficient (Wildman–Crippen LogP) is 1.91. The van der Waals surface area contributed by atoms with Gasteiger partial charge in [0.05, 0.1) is 13.0 Å². The summed E-state index contributed by atoms with van der Waals surface area (Å²) in [6.07, 6.45) is 0. The Bertz CT molecular complexity index is 390. The molecule has 0 radical (unpaired) electrons. The van der Waals surface area contributed by atoms with Crippen LogP contribution in [0.2, 0.25) is 0 Å². The van der Waals surface area contributed by atoms with Gasteiger partial charge in [0.2, 0.25) is 5.91 Å². The molecule has 0 heterocycles. The minimum Gasteiger partial charge on any atom is -0.497 e. The van der Waals surface area contributed by atoms with Crippen molar-refractivity contribution in [1.82, 2.24) is 10.6 Å². The molecule has 0 aliphatic rings. The van der Waals surface area contributed by atoms with Gasteiger partial charge in [-0.3, -0.25) is 4.79 Å². The molecule has 0 saturated carbocycles. The van der Waals surface area contributed by atoms with E-state index in [2.05, 4.69) is 24.5 Å². The molecule has 0 aliphatic carbocycles. The second-order valence-electron chi connectivity index (χ2n) is 4.70. The second-order valence-corrected chi connectivity index (χ2v) is 4.70. The first kappa shape index (κ1) is 15.5. The number of carbonyl (C=O) groups is 1. The highest BCUT2D eigenvalue weighted by Crippen LogP contribution is 2.19. The van der Waals surface area contributed by atoms with Crippen molar-refractivity contribution in [3.05, 3.63) is 29.8 Å². The minimum absolute atomic E-state index is 0.0509. The van der Waals surface area contributed by atoms with Gasteiger partial charge in [0, 0.05) is 12.6 Å². The third-order valence-electron chi connectivity index (χ3n) is 3.14. The van der Waals surface area contributed by atoms with Gasteiger partial charge in [0.1, 0.15) is 5.75 Å². The predicted molar refractivity (Wildman–Crippen MR) is 77.6 cm³/mol. The Hall–Kier alpha value is -1.55. The summed E-state index contributed by atoms with van der Waals surface area (Å²) in [6.45, 7) is 7.58. The van der Waals surface area contributed by atoms with Crippen molar-refractivity contribution < 1.29 is 9.53 Å². The summed E-state index contributed by atoms with van der Waals surface area (Å²) in [6, 6.07) is 7.89. The van der Waals surface area contributed by atoms with E-state index < -0.39 is 0 Å². The average molecular weight is 264 g/mol. The molecule has 106 valence electrons. The van der Waals surface area contributed by atoms with Gasteiger partial charge in [-0.1, -0.05) is 19.1 Å². The molecule has 2 N–H and O–H groups in total. The van der Waals surface area contributed by atoms with E-state index in [1.807, 2.05) is 31.2 Å². The SMILES string of the molecule is CCN[C@H](C)CNC(=O)C(C)c1ccc(OC)cc1. The number of hydrogen-bond donors (Lipinski definition) is 2. The molecular formula is C15H24N2O2. The van der Waals surface area contributed by atoms with Crippen LogP contribution in [0, 0.1) is 0 Å². The number of nitrogens with one attached hydrogen (secondary N) is 2. The minimum atomic E-state index is -0.153. The topological polar surface area (TPSA) is 50.4 Å². The number of benzene rings is 1. The molecule has 19 heavy (non-hydrogen) atoms. The first-order valence-corrected chi connectivity index (χ1v) is 6.73. The Balaban J connectivity index is 2.51. The average Bonchev–Trinajstić information content (AvgIpc) is 2.44. The number of methoxy groups -OCH3 is 1. The van der Waals surface area contributed by atoms with E-state index in [4.69, 9.17) is 4.74 Å². The van der Waals surface area contributed by atoms with Crippen molar-refractivity contribution in [3.8, 4) is 5.75 Å². The van der Waals surface area contributed by atoms with Crippen LogP contribution in [0.4, 0.5) is 0 Å². The van der Waals surface area contributed by atoms with E-state index in [-0.39, 0.29) is 17.9 Å². The lowest BCUT2D eigenvalue weighted by Crippen LogP contribution is -2.40. The first-order chi connectivity index (χ1) is 9.08. The molecular weight excluding hydrogens is 240 g/mol. The third-order valence-corrected chi connectivity index (χ3v) is 3.14. The number of hydrogen-bond acceptors (Lipinski definition) is 3. The summed E-state index contributed by atoms with van der Waals surface area (Å²) in [5.74, 6) is 0.701. The van der Waals surface area contributed by atoms with Crippen LogP contribution in [0.1, 0.15) is 32.3 Å². The highest BCUT2D eigenvalue weighted by molar-refractivity contribution is 5.83. The van der Waals surface area contributed by atoms with Gasteiger partial charge in [0.15, 0.2) is 0 Å². The Labute approximate surface area is 115 Å². The number of rotatable bonds is 7. The lowest BCUT2D eigenvalue weighted by atomic mass is 10.0. The van der Waals surface area contributed by atoms with Gasteiger partial charge < -0.3 is 15.4 Å². The zero-order chi connectivity index (χ0) is 14.3. The molecule has 0 aromatic heterocycles. The van der Waals surface area contributed by atoms with Crippen molar-refractivity contribution in [2.75, 3.05) is 20.2 Å². The molecule has 1 aromatic carbocycles. The summed E-state index contributed by atoms with van der Waals surface area (Å²) >= 11 is 0. The smallest absolute Gasteiger partial charge is 0.227 e. The van der Waals surface area contributed by atoms with Crippen LogP contribution in [0.5, 0.6) is 5.75 Å². The van der Waals surface area contributed by atoms with Gasteiger partial charge in [-0.15, -0.1) is 0 Å². The number of amides is 1.